The van der Waals surface area contributed by atoms with Gasteiger partial charge in [-0.2, -0.15) is 0 Å². The predicted molar refractivity (Wildman–Crippen MR) is 224 cm³/mol. The molecule has 4 N–H and O–H groups in total. The second-order valence-corrected chi connectivity index (χ2v) is 14.0. The van der Waals surface area contributed by atoms with Gasteiger partial charge >= 0.3 is 11.9 Å². The number of nitrogens with one attached hydrogen (secondary N) is 2. The van der Waals surface area contributed by atoms with Crippen LogP contribution in [0.25, 0.3) is 22.8 Å². The van der Waals surface area contributed by atoms with E-state index in [1.807, 2.05) is 36.4 Å². The van der Waals surface area contributed by atoms with Gasteiger partial charge in [-0.05, 0) is 72.2 Å². The molecule has 6 aromatic rings. The van der Waals surface area contributed by atoms with Crippen LogP contribution in [0.5, 0.6) is 0 Å². The predicted octanol–water partition coefficient (Wildman–Crippen LogP) is 6.06. The molecule has 0 amide bonds. The second kappa shape index (κ2) is 19.3. The number of hydrogen-bond donors (Lipinski definition) is 4. The highest BCUT2D eigenvalue weighted by atomic mass is 16.4. The first-order valence-electron chi connectivity index (χ1n) is 19.5. The number of aromatic nitrogens is 6. The summed E-state index contributed by atoms with van der Waals surface area (Å²) in [7, 11) is 0. The van der Waals surface area contributed by atoms with Crippen molar-refractivity contribution in [3.8, 4) is 22.8 Å². The first kappa shape index (κ1) is 39.3. The number of anilines is 4. The van der Waals surface area contributed by atoms with E-state index in [0.717, 1.165) is 74.6 Å². The van der Waals surface area contributed by atoms with Crippen molar-refractivity contribution >= 4 is 35.2 Å². The van der Waals surface area contributed by atoms with Crippen molar-refractivity contribution in [1.82, 2.24) is 29.9 Å². The molecule has 2 aliphatic rings. The van der Waals surface area contributed by atoms with Crippen LogP contribution in [0.15, 0.2) is 110 Å². The molecule has 8 rings (SSSR count). The third-order valence-corrected chi connectivity index (χ3v) is 10.0. The van der Waals surface area contributed by atoms with Crippen LogP contribution in [-0.4, -0.2) is 91.3 Å². The number of nitrogens with zero attached hydrogens (tertiary/aromatic N) is 8. The lowest BCUT2D eigenvalue weighted by molar-refractivity contribution is -0.137. The first-order valence-corrected chi connectivity index (χ1v) is 19.5. The van der Waals surface area contributed by atoms with Crippen LogP contribution in [0, 0.1) is 0 Å². The normalized spacial score (nSPS) is 13.4. The molecule has 4 aromatic heterocycles. The number of carboxylic acids is 2. The van der Waals surface area contributed by atoms with Gasteiger partial charge in [0.25, 0.3) is 0 Å². The Hall–Kier alpha value is -6.96. The van der Waals surface area contributed by atoms with Gasteiger partial charge in [0, 0.05) is 87.3 Å². The molecule has 2 aromatic carbocycles. The van der Waals surface area contributed by atoms with Crippen LogP contribution in [-0.2, 0) is 35.3 Å². The summed E-state index contributed by atoms with van der Waals surface area (Å²) >= 11 is 0. The fourth-order valence-corrected chi connectivity index (χ4v) is 7.01. The van der Waals surface area contributed by atoms with Crippen LogP contribution in [0.4, 0.5) is 23.3 Å². The number of hydrogen-bond acceptors (Lipinski definition) is 12. The number of rotatable bonds is 12. The maximum Gasteiger partial charge on any atom is 0.305 e. The lowest BCUT2D eigenvalue weighted by Crippen LogP contribution is -2.27. The number of carbonyl (C=O) groups is 2. The van der Waals surface area contributed by atoms with E-state index in [9.17, 15) is 9.59 Å². The molecule has 14 nitrogen and oxygen atoms in total. The molecule has 6 heterocycles. The number of carboxylic acid groups (broad SMARTS) is 2. The summed E-state index contributed by atoms with van der Waals surface area (Å²) in [5.41, 5.74) is 7.20. The largest absolute Gasteiger partial charge is 0.481 e. The molecule has 0 saturated carbocycles. The standard InChI is InChI=1S/2C22H23N5O2/c2*28-21(29)7-11-24-19-14-20(26-22(25-19)18-6-3-10-23-15-18)27-12-8-16-4-1-2-5-17(16)9-13-27/h2*1-6,10,14-15H,7-9,11-13H2,(H,28,29)(H,24,25,26). The SMILES string of the molecule is O=C(O)CCNc1cc(N2CCc3ccccc3CC2)nc(-c2cccnc2)n1.O=C(O)CCNc1cc(N2CCc3ccccc3CC2)nc(-c2cccnc2)n1. The number of benzene rings is 2. The maximum absolute atomic E-state index is 10.8. The van der Waals surface area contributed by atoms with Gasteiger partial charge in [-0.25, -0.2) is 19.9 Å². The van der Waals surface area contributed by atoms with Crippen molar-refractivity contribution in [2.45, 2.75) is 38.5 Å². The van der Waals surface area contributed by atoms with E-state index in [0.29, 0.717) is 36.4 Å². The maximum atomic E-state index is 10.8. The van der Waals surface area contributed by atoms with Gasteiger partial charge in [0.15, 0.2) is 11.6 Å². The summed E-state index contributed by atoms with van der Waals surface area (Å²) in [4.78, 5) is 53.3. The highest BCUT2D eigenvalue weighted by Gasteiger charge is 2.19. The van der Waals surface area contributed by atoms with Crippen LogP contribution in [0.3, 0.4) is 0 Å². The molecule has 296 valence electrons. The molecule has 0 aliphatic carbocycles. The van der Waals surface area contributed by atoms with E-state index >= 15 is 0 Å². The number of fused-ring (bicyclic) bond motifs is 2. The van der Waals surface area contributed by atoms with Crippen molar-refractivity contribution in [2.24, 2.45) is 0 Å². The van der Waals surface area contributed by atoms with Crippen molar-refractivity contribution in [3.05, 3.63) is 132 Å². The summed E-state index contributed by atoms with van der Waals surface area (Å²) in [5.74, 6) is 2.39. The minimum Gasteiger partial charge on any atom is -0.481 e. The lowest BCUT2D eigenvalue weighted by Gasteiger charge is -2.22. The Balaban J connectivity index is 0.000000177. The minimum absolute atomic E-state index is 0.0284. The Bertz CT molecular complexity index is 2100. The summed E-state index contributed by atoms with van der Waals surface area (Å²) in [5, 5.41) is 24.1. The van der Waals surface area contributed by atoms with E-state index in [-0.39, 0.29) is 12.8 Å². The third-order valence-electron chi connectivity index (χ3n) is 10.0. The Morgan fingerprint density at radius 1 is 0.534 bits per heavy atom. The van der Waals surface area contributed by atoms with Gasteiger partial charge in [-0.1, -0.05) is 48.5 Å². The third kappa shape index (κ3) is 10.7. The Morgan fingerprint density at radius 2 is 0.914 bits per heavy atom. The fourth-order valence-electron chi connectivity index (χ4n) is 7.01. The van der Waals surface area contributed by atoms with Crippen LogP contribution >= 0.6 is 0 Å². The monoisotopic (exact) mass is 778 g/mol. The average molecular weight is 779 g/mol. The molecule has 14 heteroatoms. The van der Waals surface area contributed by atoms with Crippen molar-refractivity contribution in [3.63, 3.8) is 0 Å². The molecule has 0 saturated heterocycles. The van der Waals surface area contributed by atoms with Gasteiger partial charge in [0.2, 0.25) is 0 Å². The smallest absolute Gasteiger partial charge is 0.305 e. The fraction of sp³-hybridized carbons (Fsp3) is 0.273. The summed E-state index contributed by atoms with van der Waals surface area (Å²) in [6.07, 6.45) is 10.8. The molecule has 58 heavy (non-hydrogen) atoms. The molecule has 0 fully saturated rings. The summed E-state index contributed by atoms with van der Waals surface area (Å²) in [6.45, 7) is 4.10. The second-order valence-electron chi connectivity index (χ2n) is 14.0. The molecule has 0 radical (unpaired) electrons. The Kier molecular flexibility index (Phi) is 13.0. The van der Waals surface area contributed by atoms with E-state index in [1.165, 1.54) is 22.3 Å². The van der Waals surface area contributed by atoms with Crippen LogP contribution in [0.1, 0.15) is 35.1 Å². The van der Waals surface area contributed by atoms with E-state index in [4.69, 9.17) is 20.2 Å². The molecule has 0 spiro atoms. The van der Waals surface area contributed by atoms with Gasteiger partial charge in [0.1, 0.15) is 23.3 Å². The molecule has 0 unspecified atom stereocenters. The Morgan fingerprint density at radius 3 is 1.24 bits per heavy atom. The van der Waals surface area contributed by atoms with E-state index in [1.54, 1.807) is 24.8 Å². The summed E-state index contributed by atoms with van der Waals surface area (Å²) in [6, 6.07) is 28.5. The molecular weight excluding hydrogens is 733 g/mol. The van der Waals surface area contributed by atoms with E-state index in [2.05, 4.69) is 88.9 Å². The topological polar surface area (TPSA) is 182 Å². The molecular formula is C44H46N10O4. The average Bonchev–Trinajstić information content (AvgIpc) is 3.61. The van der Waals surface area contributed by atoms with Gasteiger partial charge in [-0.3, -0.25) is 19.6 Å². The van der Waals surface area contributed by atoms with Crippen LogP contribution < -0.4 is 20.4 Å². The Labute approximate surface area is 337 Å². The minimum atomic E-state index is -0.843. The van der Waals surface area contributed by atoms with Gasteiger partial charge in [0.05, 0.1) is 12.8 Å². The number of pyridine rings is 2. The molecule has 0 bridgehead atoms. The zero-order chi connectivity index (χ0) is 40.1. The van der Waals surface area contributed by atoms with Crippen molar-refractivity contribution in [1.29, 1.82) is 0 Å². The van der Waals surface area contributed by atoms with E-state index < -0.39 is 11.9 Å². The number of aliphatic carboxylic acids is 2. The molecule has 2 aliphatic heterocycles. The molecule has 0 atom stereocenters. The van der Waals surface area contributed by atoms with Crippen LogP contribution in [0.2, 0.25) is 0 Å². The quantitative estimate of drug-likeness (QED) is 0.112. The van der Waals surface area contributed by atoms with Gasteiger partial charge < -0.3 is 30.6 Å². The van der Waals surface area contributed by atoms with Crippen molar-refractivity contribution in [2.75, 3.05) is 59.7 Å². The zero-order valence-electron chi connectivity index (χ0n) is 32.2. The highest BCUT2D eigenvalue weighted by molar-refractivity contribution is 5.68. The van der Waals surface area contributed by atoms with Gasteiger partial charge in [-0.15, -0.1) is 0 Å². The summed E-state index contributed by atoms with van der Waals surface area (Å²) < 4.78 is 0. The first-order chi connectivity index (χ1) is 28.4. The highest BCUT2D eigenvalue weighted by Crippen LogP contribution is 2.27. The van der Waals surface area contributed by atoms with Crippen molar-refractivity contribution < 1.29 is 19.8 Å². The lowest BCUT2D eigenvalue weighted by atomic mass is 10.0. The zero-order valence-corrected chi connectivity index (χ0v) is 32.2.